The zero-order valence-electron chi connectivity index (χ0n) is 26.2. The quantitative estimate of drug-likeness (QED) is 0.223. The normalized spacial score (nSPS) is 15.5. The number of anilines is 2. The van der Waals surface area contributed by atoms with Gasteiger partial charge in [-0.2, -0.15) is 18.4 Å². The molecule has 0 fully saturated rings. The lowest BCUT2D eigenvalue weighted by atomic mass is 9.93. The number of alkyl halides is 3. The summed E-state index contributed by atoms with van der Waals surface area (Å²) in [6.45, 7) is 2.08. The number of fused-ring (bicyclic) bond motifs is 1. The Labute approximate surface area is 265 Å². The Balaban J connectivity index is 1.82. The van der Waals surface area contributed by atoms with E-state index in [2.05, 4.69) is 5.10 Å². The van der Waals surface area contributed by atoms with Crippen molar-refractivity contribution in [2.75, 3.05) is 51.2 Å². The number of esters is 1. The van der Waals surface area contributed by atoms with E-state index in [1.165, 1.54) is 40.7 Å². The summed E-state index contributed by atoms with van der Waals surface area (Å²) in [7, 11) is 3.63. The third-order valence-electron chi connectivity index (χ3n) is 7.61. The first-order chi connectivity index (χ1) is 21.5. The Morgan fingerprint density at radius 3 is 2.33 bits per heavy atom. The molecular formula is C31H36F3N6O5S+. The number of sulfone groups is 1. The molecule has 1 aliphatic rings. The van der Waals surface area contributed by atoms with E-state index < -0.39 is 39.3 Å². The summed E-state index contributed by atoms with van der Waals surface area (Å²) in [5.41, 5.74) is -0.775. The van der Waals surface area contributed by atoms with Gasteiger partial charge in [-0.3, -0.25) is 4.90 Å². The number of ether oxygens (including phenoxy) is 1. The maximum Gasteiger partial charge on any atom is 0.416 e. The fraction of sp³-hybridized carbons (Fsp3) is 0.419. The van der Waals surface area contributed by atoms with Crippen molar-refractivity contribution in [2.45, 2.75) is 38.5 Å². The van der Waals surface area contributed by atoms with Gasteiger partial charge in [0.05, 0.1) is 69.1 Å². The lowest BCUT2D eigenvalue weighted by molar-refractivity contribution is -0.870. The molecule has 1 unspecified atom stereocenters. The molecule has 0 radical (unpaired) electrons. The topological polar surface area (TPSA) is 127 Å². The summed E-state index contributed by atoms with van der Waals surface area (Å²) in [5.74, 6) is -1.10. The molecule has 11 nitrogen and oxygen atoms in total. The Morgan fingerprint density at radius 1 is 1.09 bits per heavy atom. The average Bonchev–Trinajstić information content (AvgIpc) is 3.29. The highest BCUT2D eigenvalue weighted by molar-refractivity contribution is 7.91. The van der Waals surface area contributed by atoms with E-state index in [-0.39, 0.29) is 47.4 Å². The number of carbonyl (C=O) groups is 1. The lowest BCUT2D eigenvalue weighted by Gasteiger charge is -2.35. The minimum atomic E-state index is -4.67. The van der Waals surface area contributed by atoms with Crippen molar-refractivity contribution < 1.29 is 35.6 Å². The standard InChI is InChI=1S/C31H36F3N6O5S/c1-21-26(28(41)45-5)27(23-13-11-22(20-35)12-14-23)39-29(38(21)25-10-6-9-24(19-25)31(32,33)34)36-37(30(39)42)15-7-17-46(43,44)18-8-16-40(2,3)4/h6,9-14,19,27H,7-8,15-18H2,1-5H3/q+1. The molecule has 0 saturated carbocycles. The fourth-order valence-electron chi connectivity index (χ4n) is 5.38. The van der Waals surface area contributed by atoms with Crippen molar-refractivity contribution in [1.29, 1.82) is 5.26 Å². The predicted molar refractivity (Wildman–Crippen MR) is 165 cm³/mol. The highest BCUT2D eigenvalue weighted by atomic mass is 32.2. The van der Waals surface area contributed by atoms with Crippen molar-refractivity contribution in [3.05, 3.63) is 87.0 Å². The van der Waals surface area contributed by atoms with E-state index in [1.54, 1.807) is 12.1 Å². The summed E-state index contributed by atoms with van der Waals surface area (Å²) in [4.78, 5) is 28.6. The van der Waals surface area contributed by atoms with Crippen molar-refractivity contribution in [1.82, 2.24) is 14.3 Å². The van der Waals surface area contributed by atoms with E-state index >= 15 is 0 Å². The number of methoxy groups -OCH3 is 1. The molecule has 1 aromatic heterocycles. The molecule has 0 amide bonds. The molecule has 46 heavy (non-hydrogen) atoms. The number of aromatic nitrogens is 3. The van der Waals surface area contributed by atoms with Crippen LogP contribution in [0.5, 0.6) is 0 Å². The molecule has 2 aromatic carbocycles. The number of allylic oxidation sites excluding steroid dienone is 1. The van der Waals surface area contributed by atoms with Crippen LogP contribution in [-0.2, 0) is 32.1 Å². The number of aryl methyl sites for hydroxylation is 1. The maximum atomic E-state index is 14.0. The van der Waals surface area contributed by atoms with Crippen molar-refractivity contribution in [2.24, 2.45) is 0 Å². The summed E-state index contributed by atoms with van der Waals surface area (Å²) >= 11 is 0. The number of quaternary nitrogens is 1. The van der Waals surface area contributed by atoms with Gasteiger partial charge in [0.2, 0.25) is 5.95 Å². The second kappa shape index (κ2) is 13.1. The number of nitrogens with zero attached hydrogens (tertiary/aromatic N) is 6. The van der Waals surface area contributed by atoms with Crippen LogP contribution in [0.2, 0.25) is 0 Å². The van der Waals surface area contributed by atoms with E-state index in [0.29, 0.717) is 28.6 Å². The molecule has 1 atom stereocenters. The van der Waals surface area contributed by atoms with Crippen LogP contribution in [-0.4, -0.2) is 79.5 Å². The number of halogens is 3. The largest absolute Gasteiger partial charge is 0.466 e. The number of benzene rings is 2. The molecule has 2 heterocycles. The van der Waals surface area contributed by atoms with Crippen LogP contribution in [0.4, 0.5) is 24.8 Å². The van der Waals surface area contributed by atoms with Crippen molar-refractivity contribution in [3.63, 3.8) is 0 Å². The Morgan fingerprint density at radius 2 is 1.74 bits per heavy atom. The number of hydrogen-bond donors (Lipinski definition) is 0. The van der Waals surface area contributed by atoms with E-state index in [1.807, 2.05) is 27.2 Å². The lowest BCUT2D eigenvalue weighted by Crippen LogP contribution is -2.38. The zero-order valence-corrected chi connectivity index (χ0v) is 27.0. The molecule has 0 saturated heterocycles. The van der Waals surface area contributed by atoms with Crippen LogP contribution >= 0.6 is 0 Å². The van der Waals surface area contributed by atoms with Gasteiger partial charge in [0.15, 0.2) is 9.84 Å². The van der Waals surface area contributed by atoms with E-state index in [9.17, 15) is 36.4 Å². The van der Waals surface area contributed by atoms with Crippen LogP contribution in [0.1, 0.15) is 42.5 Å². The van der Waals surface area contributed by atoms with Crippen molar-refractivity contribution in [3.8, 4) is 6.07 Å². The zero-order chi connectivity index (χ0) is 34.0. The third-order valence-corrected chi connectivity index (χ3v) is 9.43. The van der Waals surface area contributed by atoms with Gasteiger partial charge in [0, 0.05) is 24.4 Å². The Hall–Kier alpha value is -4.42. The average molecular weight is 662 g/mol. The molecule has 15 heteroatoms. The van der Waals surface area contributed by atoms with Crippen LogP contribution in [0.3, 0.4) is 0 Å². The minimum absolute atomic E-state index is 0.00714. The second-order valence-corrected chi connectivity index (χ2v) is 14.4. The molecule has 3 aromatic rings. The summed E-state index contributed by atoms with van der Waals surface area (Å²) < 4.78 is 74.5. The summed E-state index contributed by atoms with van der Waals surface area (Å²) in [6, 6.07) is 11.4. The van der Waals surface area contributed by atoms with Crippen molar-refractivity contribution >= 4 is 27.4 Å². The van der Waals surface area contributed by atoms with Gasteiger partial charge >= 0.3 is 17.8 Å². The first-order valence-electron chi connectivity index (χ1n) is 14.4. The number of hydrogen-bond acceptors (Lipinski definition) is 8. The van der Waals surface area contributed by atoms with Gasteiger partial charge in [-0.25, -0.2) is 27.3 Å². The first-order valence-corrected chi connectivity index (χ1v) is 16.3. The highest BCUT2D eigenvalue weighted by Gasteiger charge is 2.41. The van der Waals surface area contributed by atoms with Crippen LogP contribution < -0.4 is 10.6 Å². The van der Waals surface area contributed by atoms with E-state index in [0.717, 1.165) is 23.9 Å². The second-order valence-electron chi connectivity index (χ2n) is 12.1. The molecule has 246 valence electrons. The predicted octanol–water partition coefficient (Wildman–Crippen LogP) is 4.02. The van der Waals surface area contributed by atoms with Gasteiger partial charge in [-0.15, -0.1) is 5.10 Å². The summed E-state index contributed by atoms with van der Waals surface area (Å²) in [6.07, 6.45) is -4.13. The van der Waals surface area contributed by atoms with Gasteiger partial charge in [0.1, 0.15) is 6.04 Å². The first kappa shape index (κ1) is 34.5. The van der Waals surface area contributed by atoms with Gasteiger partial charge in [0.25, 0.3) is 0 Å². The van der Waals surface area contributed by atoms with Crippen LogP contribution in [0.15, 0.2) is 64.6 Å². The van der Waals surface area contributed by atoms with E-state index in [4.69, 9.17) is 4.74 Å². The molecule has 0 N–H and O–H groups in total. The molecule has 0 aliphatic carbocycles. The van der Waals surface area contributed by atoms with Gasteiger partial charge in [-0.1, -0.05) is 18.2 Å². The SMILES string of the molecule is COC(=O)C1=C(C)N(c2cccc(C(F)(F)F)c2)c2nn(CCCS(=O)(=O)CCC[N+](C)(C)C)c(=O)n2C1c1ccc(C#N)cc1. The Kier molecular flexibility index (Phi) is 9.83. The third kappa shape index (κ3) is 7.51. The molecule has 0 spiro atoms. The van der Waals surface area contributed by atoms with Crippen LogP contribution in [0, 0.1) is 11.3 Å². The fourth-order valence-corrected chi connectivity index (χ4v) is 6.72. The number of rotatable bonds is 11. The number of nitriles is 1. The molecular weight excluding hydrogens is 625 g/mol. The van der Waals surface area contributed by atoms with Gasteiger partial charge in [-0.05, 0) is 49.2 Å². The number of carbonyl (C=O) groups excluding carboxylic acids is 1. The maximum absolute atomic E-state index is 14.0. The molecule has 0 bridgehead atoms. The highest BCUT2D eigenvalue weighted by Crippen LogP contribution is 2.43. The molecule has 1 aliphatic heterocycles. The summed E-state index contributed by atoms with van der Waals surface area (Å²) in [5, 5.41) is 13.8. The Bertz CT molecular complexity index is 1850. The van der Waals surface area contributed by atoms with Crippen LogP contribution in [0.25, 0.3) is 0 Å². The smallest absolute Gasteiger partial charge is 0.416 e. The van der Waals surface area contributed by atoms with Gasteiger partial charge < -0.3 is 9.22 Å². The molecule has 4 rings (SSSR count). The monoisotopic (exact) mass is 661 g/mol. The minimum Gasteiger partial charge on any atom is -0.466 e.